The molecule has 1 aromatic carbocycles. The maximum absolute atomic E-state index is 12.9. The van der Waals surface area contributed by atoms with E-state index in [9.17, 15) is 22.8 Å². The molecule has 176 valence electrons. The van der Waals surface area contributed by atoms with Gasteiger partial charge in [0.15, 0.2) is 9.84 Å². The van der Waals surface area contributed by atoms with Gasteiger partial charge in [-0.2, -0.15) is 0 Å². The molecular formula is C22H31N3O6S. The van der Waals surface area contributed by atoms with E-state index in [0.717, 1.165) is 11.3 Å². The molecule has 0 aliphatic carbocycles. The minimum Gasteiger partial charge on any atom is -0.450 e. The molecule has 0 N–H and O–H groups in total. The monoisotopic (exact) mass is 465 g/mol. The summed E-state index contributed by atoms with van der Waals surface area (Å²) in [6.45, 7) is 7.23. The van der Waals surface area contributed by atoms with Crippen LogP contribution in [0.5, 0.6) is 0 Å². The summed E-state index contributed by atoms with van der Waals surface area (Å²) in [5, 5.41) is 0. The Balaban J connectivity index is 1.59. The lowest BCUT2D eigenvalue weighted by molar-refractivity contribution is -0.132. The van der Waals surface area contributed by atoms with Crippen molar-refractivity contribution in [3.63, 3.8) is 0 Å². The van der Waals surface area contributed by atoms with E-state index in [1.54, 1.807) is 40.7 Å². The minimum absolute atomic E-state index is 0.00902. The van der Waals surface area contributed by atoms with Crippen LogP contribution in [0.15, 0.2) is 23.1 Å². The topological polar surface area (TPSA) is 104 Å². The fourth-order valence-corrected chi connectivity index (χ4v) is 5.48. The number of carbonyl (C=O) groups is 3. The summed E-state index contributed by atoms with van der Waals surface area (Å²) in [5.74, 6) is -0.511. The van der Waals surface area contributed by atoms with E-state index in [0.29, 0.717) is 45.6 Å². The number of ether oxygens (including phenoxy) is 1. The second-order valence-corrected chi connectivity index (χ2v) is 10.2. The molecule has 2 heterocycles. The number of carbonyl (C=O) groups excluding carboxylic acids is 3. The van der Waals surface area contributed by atoms with Crippen molar-refractivity contribution in [2.45, 2.75) is 51.0 Å². The lowest BCUT2D eigenvalue weighted by atomic mass is 10.1. The number of amides is 3. The Morgan fingerprint density at radius 3 is 2.31 bits per heavy atom. The third kappa shape index (κ3) is 5.06. The zero-order valence-corrected chi connectivity index (χ0v) is 19.7. The van der Waals surface area contributed by atoms with E-state index in [1.807, 2.05) is 6.92 Å². The van der Waals surface area contributed by atoms with Crippen molar-refractivity contribution >= 4 is 33.4 Å². The first-order valence-corrected chi connectivity index (χ1v) is 12.7. The molecule has 0 spiro atoms. The van der Waals surface area contributed by atoms with Crippen molar-refractivity contribution in [1.29, 1.82) is 0 Å². The summed E-state index contributed by atoms with van der Waals surface area (Å²) in [5.41, 5.74) is 1.60. The average molecular weight is 466 g/mol. The van der Waals surface area contributed by atoms with Gasteiger partial charge in [0.1, 0.15) is 0 Å². The molecule has 1 fully saturated rings. The predicted molar refractivity (Wildman–Crippen MR) is 119 cm³/mol. The summed E-state index contributed by atoms with van der Waals surface area (Å²) in [6.07, 6.45) is 0.483. The van der Waals surface area contributed by atoms with Crippen LogP contribution in [0, 0.1) is 0 Å². The zero-order valence-electron chi connectivity index (χ0n) is 18.9. The smallest absolute Gasteiger partial charge is 0.409 e. The summed E-state index contributed by atoms with van der Waals surface area (Å²) < 4.78 is 30.7. The normalized spacial score (nSPS) is 18.5. The van der Waals surface area contributed by atoms with E-state index in [1.165, 1.54) is 6.07 Å². The summed E-state index contributed by atoms with van der Waals surface area (Å²) in [6, 6.07) is 4.83. The number of hydrogen-bond donors (Lipinski definition) is 0. The van der Waals surface area contributed by atoms with Crippen LogP contribution in [0.3, 0.4) is 0 Å². The minimum atomic E-state index is -3.64. The molecule has 0 saturated carbocycles. The van der Waals surface area contributed by atoms with Gasteiger partial charge in [-0.15, -0.1) is 0 Å². The SMILES string of the molecule is CCOC(=O)N1CCN(C(=O)CCS(=O)(=O)c2ccc3c(c2)C[C@H](C)N3C(=O)CC)CC1. The highest BCUT2D eigenvalue weighted by Crippen LogP contribution is 2.34. The fraction of sp³-hybridized carbons (Fsp3) is 0.591. The molecule has 0 unspecified atom stereocenters. The van der Waals surface area contributed by atoms with E-state index in [2.05, 4.69) is 0 Å². The molecule has 0 aromatic heterocycles. The Bertz CT molecular complexity index is 985. The average Bonchev–Trinajstić information content (AvgIpc) is 3.12. The van der Waals surface area contributed by atoms with E-state index in [4.69, 9.17) is 4.74 Å². The van der Waals surface area contributed by atoms with Crippen LogP contribution in [0.1, 0.15) is 39.2 Å². The van der Waals surface area contributed by atoms with Crippen LogP contribution in [0.25, 0.3) is 0 Å². The lowest BCUT2D eigenvalue weighted by Crippen LogP contribution is -2.50. The first-order chi connectivity index (χ1) is 15.2. The van der Waals surface area contributed by atoms with Gasteiger partial charge < -0.3 is 19.4 Å². The Labute approximate surface area is 189 Å². The molecule has 0 radical (unpaired) electrons. The van der Waals surface area contributed by atoms with Crippen LogP contribution in [0.2, 0.25) is 0 Å². The van der Waals surface area contributed by atoms with E-state index in [-0.39, 0.29) is 34.9 Å². The van der Waals surface area contributed by atoms with Crippen molar-refractivity contribution in [1.82, 2.24) is 9.80 Å². The van der Waals surface area contributed by atoms with Crippen molar-refractivity contribution in [2.75, 3.05) is 43.4 Å². The largest absolute Gasteiger partial charge is 0.450 e. The Kier molecular flexibility index (Phi) is 7.43. The Morgan fingerprint density at radius 1 is 1.03 bits per heavy atom. The third-order valence-electron chi connectivity index (χ3n) is 5.94. The molecule has 2 aliphatic heterocycles. The van der Waals surface area contributed by atoms with Gasteiger partial charge in [-0.05, 0) is 44.0 Å². The number of hydrogen-bond acceptors (Lipinski definition) is 6. The van der Waals surface area contributed by atoms with Crippen LogP contribution < -0.4 is 4.90 Å². The van der Waals surface area contributed by atoms with Crippen molar-refractivity contribution in [3.05, 3.63) is 23.8 Å². The molecule has 1 saturated heterocycles. The molecule has 32 heavy (non-hydrogen) atoms. The quantitative estimate of drug-likeness (QED) is 0.635. The Hall–Kier alpha value is -2.62. The molecule has 1 aromatic rings. The number of rotatable bonds is 6. The van der Waals surface area contributed by atoms with Crippen LogP contribution in [-0.4, -0.2) is 80.7 Å². The van der Waals surface area contributed by atoms with Gasteiger partial charge >= 0.3 is 6.09 Å². The van der Waals surface area contributed by atoms with Crippen molar-refractivity contribution < 1.29 is 27.5 Å². The van der Waals surface area contributed by atoms with Gasteiger partial charge in [0.25, 0.3) is 0 Å². The first kappa shape index (κ1) is 24.0. The molecule has 3 amide bonds. The molecule has 10 heteroatoms. The molecule has 0 bridgehead atoms. The molecule has 2 aliphatic rings. The van der Waals surface area contributed by atoms with Crippen LogP contribution >= 0.6 is 0 Å². The maximum Gasteiger partial charge on any atom is 0.409 e. The summed E-state index contributed by atoms with van der Waals surface area (Å²) in [7, 11) is -3.64. The summed E-state index contributed by atoms with van der Waals surface area (Å²) in [4.78, 5) is 41.6. The highest BCUT2D eigenvalue weighted by atomic mass is 32.2. The second-order valence-electron chi connectivity index (χ2n) is 8.10. The predicted octanol–water partition coefficient (Wildman–Crippen LogP) is 1.84. The third-order valence-corrected chi connectivity index (χ3v) is 7.65. The zero-order chi connectivity index (χ0) is 23.5. The number of piperazine rings is 1. The van der Waals surface area contributed by atoms with Gasteiger partial charge in [0, 0.05) is 50.7 Å². The number of benzene rings is 1. The highest BCUT2D eigenvalue weighted by molar-refractivity contribution is 7.91. The van der Waals surface area contributed by atoms with Gasteiger partial charge in [-0.25, -0.2) is 13.2 Å². The second kappa shape index (κ2) is 9.89. The Morgan fingerprint density at radius 2 is 1.69 bits per heavy atom. The molecular weight excluding hydrogens is 434 g/mol. The number of fused-ring (bicyclic) bond motifs is 1. The lowest BCUT2D eigenvalue weighted by Gasteiger charge is -2.34. The number of nitrogens with zero attached hydrogens (tertiary/aromatic N) is 3. The van der Waals surface area contributed by atoms with Gasteiger partial charge in [-0.3, -0.25) is 9.59 Å². The summed E-state index contributed by atoms with van der Waals surface area (Å²) >= 11 is 0. The standard InChI is InChI=1S/C22H31N3O6S/c1-4-20(26)25-16(3)14-17-15-18(6-7-19(17)25)32(29,30)13-8-21(27)23-9-11-24(12-10-23)22(28)31-5-2/h6-7,15-16H,4-5,8-14H2,1-3H3/t16-/m0/s1. The van der Waals surface area contributed by atoms with Crippen LogP contribution in [-0.2, 0) is 30.6 Å². The van der Waals surface area contributed by atoms with Crippen molar-refractivity contribution in [3.8, 4) is 0 Å². The van der Waals surface area contributed by atoms with E-state index < -0.39 is 15.9 Å². The number of anilines is 1. The van der Waals surface area contributed by atoms with E-state index >= 15 is 0 Å². The van der Waals surface area contributed by atoms with Crippen LogP contribution in [0.4, 0.5) is 10.5 Å². The van der Waals surface area contributed by atoms with Gasteiger partial charge in [0.05, 0.1) is 17.3 Å². The van der Waals surface area contributed by atoms with Gasteiger partial charge in [0.2, 0.25) is 11.8 Å². The number of sulfone groups is 1. The molecule has 9 nitrogen and oxygen atoms in total. The highest BCUT2D eigenvalue weighted by Gasteiger charge is 2.31. The fourth-order valence-electron chi connectivity index (χ4n) is 4.20. The molecule has 1 atom stereocenters. The first-order valence-electron chi connectivity index (χ1n) is 11.0. The molecule has 3 rings (SSSR count). The maximum atomic E-state index is 12.9. The van der Waals surface area contributed by atoms with Crippen molar-refractivity contribution in [2.24, 2.45) is 0 Å². The van der Waals surface area contributed by atoms with Gasteiger partial charge in [-0.1, -0.05) is 6.92 Å².